The van der Waals surface area contributed by atoms with Gasteiger partial charge in [-0.15, -0.1) is 0 Å². The molecule has 6 heteroatoms. The summed E-state index contributed by atoms with van der Waals surface area (Å²) in [6.45, 7) is -0.205. The van der Waals surface area contributed by atoms with Crippen molar-refractivity contribution in [1.82, 2.24) is 4.57 Å². The van der Waals surface area contributed by atoms with E-state index < -0.39 is 5.97 Å². The number of fused-ring (bicyclic) bond motifs is 1. The van der Waals surface area contributed by atoms with Crippen LogP contribution in [-0.4, -0.2) is 30.2 Å². The van der Waals surface area contributed by atoms with Gasteiger partial charge in [-0.05, 0) is 18.2 Å². The summed E-state index contributed by atoms with van der Waals surface area (Å²) in [5, 5.41) is 1.08. The van der Waals surface area contributed by atoms with E-state index >= 15 is 0 Å². The molecule has 122 valence electrons. The highest BCUT2D eigenvalue weighted by Gasteiger charge is 2.19. The number of hydrogen-bond donors (Lipinski definition) is 0. The number of nitrogens with zero attached hydrogens (tertiary/aromatic N) is 1. The molecule has 0 amide bonds. The molecule has 0 radical (unpaired) electrons. The Morgan fingerprint density at radius 3 is 2.54 bits per heavy atom. The molecule has 3 rings (SSSR count). The zero-order valence-corrected chi connectivity index (χ0v) is 13.6. The Balaban J connectivity index is 1.90. The van der Waals surface area contributed by atoms with Gasteiger partial charge in [-0.3, -0.25) is 9.36 Å². The van der Waals surface area contributed by atoms with Gasteiger partial charge in [0.2, 0.25) is 0 Å². The molecule has 0 saturated carbocycles. The zero-order chi connectivity index (χ0) is 17.1. The van der Waals surface area contributed by atoms with Crippen LogP contribution in [0.2, 0.25) is 5.02 Å². The number of esters is 1. The van der Waals surface area contributed by atoms with E-state index in [1.807, 2.05) is 0 Å². The molecule has 1 heterocycles. The Labute approximate surface area is 143 Å². The largest absolute Gasteiger partial charge is 0.482 e. The molecule has 0 saturated heterocycles. The Morgan fingerprint density at radius 2 is 1.79 bits per heavy atom. The van der Waals surface area contributed by atoms with Crippen molar-refractivity contribution < 1.29 is 19.1 Å². The quantitative estimate of drug-likeness (QED) is 0.676. The molecule has 0 aliphatic carbocycles. The first-order chi connectivity index (χ1) is 11.6. The second-order valence-corrected chi connectivity index (χ2v) is 5.44. The third kappa shape index (κ3) is 2.98. The number of carbonyl (C=O) groups is 2. The van der Waals surface area contributed by atoms with Gasteiger partial charge in [0.25, 0.3) is 5.91 Å². The maximum Gasteiger partial charge on any atom is 0.340 e. The first-order valence-corrected chi connectivity index (χ1v) is 7.58. The van der Waals surface area contributed by atoms with Gasteiger partial charge in [-0.1, -0.05) is 41.9 Å². The van der Waals surface area contributed by atoms with Crippen molar-refractivity contribution >= 4 is 34.4 Å². The smallest absolute Gasteiger partial charge is 0.340 e. The summed E-state index contributed by atoms with van der Waals surface area (Å²) in [7, 11) is 1.30. The molecule has 0 N–H and O–H groups in total. The minimum absolute atomic E-state index is 0.205. The normalized spacial score (nSPS) is 10.6. The summed E-state index contributed by atoms with van der Waals surface area (Å²) in [4.78, 5) is 24.4. The fraction of sp³-hybridized carbons (Fsp3) is 0.111. The van der Waals surface area contributed by atoms with E-state index in [9.17, 15) is 9.59 Å². The maximum atomic E-state index is 12.5. The van der Waals surface area contributed by atoms with E-state index in [0.29, 0.717) is 27.2 Å². The predicted molar refractivity (Wildman–Crippen MR) is 90.9 cm³/mol. The van der Waals surface area contributed by atoms with Crippen LogP contribution in [0.5, 0.6) is 5.75 Å². The molecule has 0 atom stereocenters. The van der Waals surface area contributed by atoms with Gasteiger partial charge in [0.1, 0.15) is 5.75 Å². The van der Waals surface area contributed by atoms with Crippen molar-refractivity contribution in [2.24, 2.45) is 0 Å². The van der Waals surface area contributed by atoms with E-state index in [4.69, 9.17) is 21.1 Å². The van der Waals surface area contributed by atoms with E-state index in [2.05, 4.69) is 0 Å². The Hall–Kier alpha value is -2.79. The number of halogens is 1. The molecule has 0 aliphatic rings. The standard InChI is InChI=1S/C18H14ClNO4/c1-23-18(22)13-10-20(15-8-4-2-6-12(13)15)17(21)11-24-16-9-5-3-7-14(16)19/h2-10H,11H2,1H3. The molecule has 0 spiro atoms. The SMILES string of the molecule is COC(=O)c1cn(C(=O)COc2ccccc2Cl)c2ccccc12. The van der Waals surface area contributed by atoms with Crippen molar-refractivity contribution in [3.63, 3.8) is 0 Å². The molecule has 0 bridgehead atoms. The van der Waals surface area contributed by atoms with Crippen LogP contribution < -0.4 is 4.74 Å². The van der Waals surface area contributed by atoms with Crippen LogP contribution in [0.3, 0.4) is 0 Å². The number of para-hydroxylation sites is 2. The highest BCUT2D eigenvalue weighted by Crippen LogP contribution is 2.24. The minimum Gasteiger partial charge on any atom is -0.482 e. The number of hydrogen-bond acceptors (Lipinski definition) is 4. The van der Waals surface area contributed by atoms with Crippen molar-refractivity contribution in [2.45, 2.75) is 0 Å². The number of methoxy groups -OCH3 is 1. The van der Waals surface area contributed by atoms with Gasteiger partial charge in [-0.2, -0.15) is 0 Å². The molecule has 0 aliphatic heterocycles. The third-order valence-electron chi connectivity index (χ3n) is 3.57. The average Bonchev–Trinajstić information content (AvgIpc) is 3.00. The molecule has 0 fully saturated rings. The number of aromatic nitrogens is 1. The van der Waals surface area contributed by atoms with Gasteiger partial charge in [0.05, 0.1) is 23.2 Å². The molecule has 5 nitrogen and oxygen atoms in total. The summed E-state index contributed by atoms with van der Waals surface area (Å²) in [6, 6.07) is 14.0. The van der Waals surface area contributed by atoms with Crippen LogP contribution in [0, 0.1) is 0 Å². The van der Waals surface area contributed by atoms with E-state index in [0.717, 1.165) is 0 Å². The Morgan fingerprint density at radius 1 is 1.08 bits per heavy atom. The van der Waals surface area contributed by atoms with Crippen molar-refractivity contribution in [1.29, 1.82) is 0 Å². The lowest BCUT2D eigenvalue weighted by molar-refractivity contribution is 0.0603. The number of rotatable bonds is 4. The molecule has 24 heavy (non-hydrogen) atoms. The number of carbonyl (C=O) groups excluding carboxylic acids is 2. The molecule has 3 aromatic rings. The highest BCUT2D eigenvalue weighted by atomic mass is 35.5. The second-order valence-electron chi connectivity index (χ2n) is 5.03. The lowest BCUT2D eigenvalue weighted by atomic mass is 10.2. The van der Waals surface area contributed by atoms with E-state index in [1.54, 1.807) is 48.5 Å². The fourth-order valence-corrected chi connectivity index (χ4v) is 2.62. The van der Waals surface area contributed by atoms with Gasteiger partial charge < -0.3 is 9.47 Å². The zero-order valence-electron chi connectivity index (χ0n) is 12.9. The summed E-state index contributed by atoms with van der Waals surface area (Å²) in [6.07, 6.45) is 1.47. The summed E-state index contributed by atoms with van der Waals surface area (Å²) in [5.74, 6) is -0.386. The average molecular weight is 344 g/mol. The highest BCUT2D eigenvalue weighted by molar-refractivity contribution is 6.32. The van der Waals surface area contributed by atoms with Crippen LogP contribution in [0.4, 0.5) is 0 Å². The van der Waals surface area contributed by atoms with E-state index in [-0.39, 0.29) is 12.5 Å². The van der Waals surface area contributed by atoms with Crippen LogP contribution in [-0.2, 0) is 4.74 Å². The lowest BCUT2D eigenvalue weighted by Crippen LogP contribution is -2.18. The predicted octanol–water partition coefficient (Wildman–Crippen LogP) is 3.80. The monoisotopic (exact) mass is 343 g/mol. The summed E-state index contributed by atoms with van der Waals surface area (Å²) < 4.78 is 11.6. The van der Waals surface area contributed by atoms with Crippen LogP contribution >= 0.6 is 11.6 Å². The van der Waals surface area contributed by atoms with E-state index in [1.165, 1.54) is 17.9 Å². The maximum absolute atomic E-state index is 12.5. The third-order valence-corrected chi connectivity index (χ3v) is 3.89. The van der Waals surface area contributed by atoms with Gasteiger partial charge >= 0.3 is 5.97 Å². The van der Waals surface area contributed by atoms with Gasteiger partial charge in [-0.25, -0.2) is 4.79 Å². The van der Waals surface area contributed by atoms with Crippen molar-refractivity contribution in [3.05, 3.63) is 65.3 Å². The molecule has 1 aromatic heterocycles. The van der Waals surface area contributed by atoms with Crippen molar-refractivity contribution in [2.75, 3.05) is 13.7 Å². The number of benzene rings is 2. The van der Waals surface area contributed by atoms with Crippen LogP contribution in [0.15, 0.2) is 54.7 Å². The molecule has 2 aromatic carbocycles. The number of ether oxygens (including phenoxy) is 2. The molecular formula is C18H14ClNO4. The molecule has 0 unspecified atom stereocenters. The van der Waals surface area contributed by atoms with Crippen molar-refractivity contribution in [3.8, 4) is 5.75 Å². The second kappa shape index (κ2) is 6.76. The molecular weight excluding hydrogens is 330 g/mol. The first kappa shape index (κ1) is 16.1. The Bertz CT molecular complexity index is 916. The summed E-state index contributed by atoms with van der Waals surface area (Å²) >= 11 is 6.01. The minimum atomic E-state index is -0.496. The van der Waals surface area contributed by atoms with Crippen LogP contribution in [0.1, 0.15) is 15.2 Å². The van der Waals surface area contributed by atoms with Crippen LogP contribution in [0.25, 0.3) is 10.9 Å². The van der Waals surface area contributed by atoms with Gasteiger partial charge in [0.15, 0.2) is 6.61 Å². The topological polar surface area (TPSA) is 57.5 Å². The fourth-order valence-electron chi connectivity index (χ4n) is 2.43. The lowest BCUT2D eigenvalue weighted by Gasteiger charge is -2.08. The first-order valence-electron chi connectivity index (χ1n) is 7.20. The Kier molecular flexibility index (Phi) is 4.53. The summed E-state index contributed by atoms with van der Waals surface area (Å²) in [5.41, 5.74) is 0.949. The van der Waals surface area contributed by atoms with Gasteiger partial charge in [0, 0.05) is 11.6 Å².